The lowest BCUT2D eigenvalue weighted by molar-refractivity contribution is -0.138. The van der Waals surface area contributed by atoms with E-state index in [0.717, 1.165) is 11.9 Å². The smallest absolute Gasteiger partial charge is 0.350 e. The third-order valence-corrected chi connectivity index (χ3v) is 4.81. The molecule has 3 aromatic rings. The second-order valence-corrected chi connectivity index (χ2v) is 6.51. The van der Waals surface area contributed by atoms with Gasteiger partial charge in [0.2, 0.25) is 5.65 Å². The van der Waals surface area contributed by atoms with Gasteiger partial charge >= 0.3 is 6.18 Å². The molecule has 1 aliphatic heterocycles. The fourth-order valence-corrected chi connectivity index (χ4v) is 3.36. The average Bonchev–Trinajstić information content (AvgIpc) is 3.08. The summed E-state index contributed by atoms with van der Waals surface area (Å²) in [4.78, 5) is 20.5. The van der Waals surface area contributed by atoms with Crippen molar-refractivity contribution in [2.75, 3.05) is 31.1 Å². The molecule has 1 saturated heterocycles. The van der Waals surface area contributed by atoms with Crippen molar-refractivity contribution < 1.29 is 18.0 Å². The molecule has 7 nitrogen and oxygen atoms in total. The number of fused-ring (bicyclic) bond motifs is 1. The van der Waals surface area contributed by atoms with Gasteiger partial charge in [-0.3, -0.25) is 9.20 Å². The Kier molecular flexibility index (Phi) is 4.40. The quantitative estimate of drug-likeness (QED) is 0.672. The molecule has 1 amide bonds. The SMILES string of the molecule is Cc1nnc2c(N3CCN(C(=O)c4ccccc4C(F)(F)F)CC3)nccn12. The summed E-state index contributed by atoms with van der Waals surface area (Å²) in [6, 6.07) is 4.88. The number of carbonyl (C=O) groups is 1. The molecular formula is C18H17F3N6O. The van der Waals surface area contributed by atoms with Crippen LogP contribution in [0.15, 0.2) is 36.7 Å². The summed E-state index contributed by atoms with van der Waals surface area (Å²) >= 11 is 0. The molecule has 1 fully saturated rings. The van der Waals surface area contributed by atoms with Crippen LogP contribution >= 0.6 is 0 Å². The zero-order chi connectivity index (χ0) is 19.9. The first-order chi connectivity index (χ1) is 13.4. The molecule has 146 valence electrons. The number of amides is 1. The van der Waals surface area contributed by atoms with Gasteiger partial charge in [0.25, 0.3) is 5.91 Å². The van der Waals surface area contributed by atoms with Crippen LogP contribution < -0.4 is 4.90 Å². The average molecular weight is 390 g/mol. The van der Waals surface area contributed by atoms with Crippen molar-refractivity contribution in [3.63, 3.8) is 0 Å². The first kappa shape index (κ1) is 18.2. The Morgan fingerprint density at radius 1 is 1.07 bits per heavy atom. The minimum Gasteiger partial charge on any atom is -0.350 e. The van der Waals surface area contributed by atoms with Crippen LogP contribution in [0.4, 0.5) is 19.0 Å². The van der Waals surface area contributed by atoms with E-state index in [0.29, 0.717) is 37.6 Å². The monoisotopic (exact) mass is 390 g/mol. The molecule has 0 N–H and O–H groups in total. The van der Waals surface area contributed by atoms with Crippen LogP contribution in [0.3, 0.4) is 0 Å². The molecule has 0 aliphatic carbocycles. The van der Waals surface area contributed by atoms with E-state index in [4.69, 9.17) is 0 Å². The molecule has 1 aliphatic rings. The summed E-state index contributed by atoms with van der Waals surface area (Å²) in [5.74, 6) is 0.763. The van der Waals surface area contributed by atoms with Gasteiger partial charge in [-0.1, -0.05) is 12.1 Å². The van der Waals surface area contributed by atoms with Gasteiger partial charge in [-0.2, -0.15) is 13.2 Å². The Morgan fingerprint density at radius 3 is 2.50 bits per heavy atom. The zero-order valence-electron chi connectivity index (χ0n) is 15.0. The van der Waals surface area contributed by atoms with Crippen LogP contribution in [0.2, 0.25) is 0 Å². The molecule has 2 aromatic heterocycles. The number of benzene rings is 1. The van der Waals surface area contributed by atoms with E-state index in [2.05, 4.69) is 15.2 Å². The van der Waals surface area contributed by atoms with Crippen LogP contribution in [-0.2, 0) is 6.18 Å². The molecule has 28 heavy (non-hydrogen) atoms. The zero-order valence-corrected chi connectivity index (χ0v) is 15.0. The van der Waals surface area contributed by atoms with E-state index in [-0.39, 0.29) is 5.56 Å². The summed E-state index contributed by atoms with van der Waals surface area (Å²) in [7, 11) is 0. The third kappa shape index (κ3) is 3.14. The van der Waals surface area contributed by atoms with E-state index >= 15 is 0 Å². The predicted molar refractivity (Wildman–Crippen MR) is 95.1 cm³/mol. The standard InChI is InChI=1S/C18H17F3N6O/c1-12-23-24-16-15(22-6-7-27(12)16)25-8-10-26(11-9-25)17(28)13-4-2-3-5-14(13)18(19,20)21/h2-7H,8-11H2,1H3. The fourth-order valence-electron chi connectivity index (χ4n) is 3.36. The van der Waals surface area contributed by atoms with Crippen LogP contribution in [0.25, 0.3) is 5.65 Å². The lowest BCUT2D eigenvalue weighted by Gasteiger charge is -2.35. The molecule has 0 radical (unpaired) electrons. The molecule has 3 heterocycles. The topological polar surface area (TPSA) is 66.6 Å². The van der Waals surface area contributed by atoms with E-state index in [1.165, 1.54) is 23.1 Å². The number of hydrogen-bond acceptors (Lipinski definition) is 5. The molecule has 10 heteroatoms. The van der Waals surface area contributed by atoms with E-state index in [9.17, 15) is 18.0 Å². The lowest BCUT2D eigenvalue weighted by atomic mass is 10.1. The number of carbonyl (C=O) groups excluding carboxylic acids is 1. The van der Waals surface area contributed by atoms with E-state index in [1.54, 1.807) is 12.4 Å². The Morgan fingerprint density at radius 2 is 1.79 bits per heavy atom. The maximum Gasteiger partial charge on any atom is 0.417 e. The summed E-state index contributed by atoms with van der Waals surface area (Å²) in [5, 5.41) is 8.18. The minimum atomic E-state index is -4.57. The Hall–Kier alpha value is -3.17. The molecule has 0 bridgehead atoms. The Labute approximate surface area is 158 Å². The van der Waals surface area contributed by atoms with Crippen molar-refractivity contribution in [1.82, 2.24) is 24.5 Å². The van der Waals surface area contributed by atoms with Crippen molar-refractivity contribution in [1.29, 1.82) is 0 Å². The summed E-state index contributed by atoms with van der Waals surface area (Å²) < 4.78 is 41.4. The van der Waals surface area contributed by atoms with E-state index in [1.807, 2.05) is 16.2 Å². The largest absolute Gasteiger partial charge is 0.417 e. The highest BCUT2D eigenvalue weighted by molar-refractivity contribution is 5.96. The Balaban J connectivity index is 1.53. The molecule has 4 rings (SSSR count). The number of aromatic nitrogens is 4. The second-order valence-electron chi connectivity index (χ2n) is 6.51. The summed E-state index contributed by atoms with van der Waals surface area (Å²) in [6.07, 6.45) is -1.16. The molecule has 0 atom stereocenters. The molecule has 0 spiro atoms. The number of nitrogens with zero attached hydrogens (tertiary/aromatic N) is 6. The highest BCUT2D eigenvalue weighted by Gasteiger charge is 2.36. The normalized spacial score (nSPS) is 15.3. The van der Waals surface area contributed by atoms with Crippen LogP contribution in [0.5, 0.6) is 0 Å². The minimum absolute atomic E-state index is 0.293. The van der Waals surface area contributed by atoms with Gasteiger partial charge in [-0.25, -0.2) is 4.98 Å². The van der Waals surface area contributed by atoms with Gasteiger partial charge in [-0.15, -0.1) is 10.2 Å². The number of piperazine rings is 1. The maximum atomic E-state index is 13.2. The summed E-state index contributed by atoms with van der Waals surface area (Å²) in [6.45, 7) is 3.30. The number of anilines is 1. The maximum absolute atomic E-state index is 13.2. The van der Waals surface area contributed by atoms with E-state index < -0.39 is 17.6 Å². The van der Waals surface area contributed by atoms with Gasteiger partial charge in [0.05, 0.1) is 11.1 Å². The Bertz CT molecular complexity index is 1020. The highest BCUT2D eigenvalue weighted by Crippen LogP contribution is 2.32. The predicted octanol–water partition coefficient (Wildman–Crippen LogP) is 2.41. The summed E-state index contributed by atoms with van der Waals surface area (Å²) in [5.41, 5.74) is -0.619. The molecular weight excluding hydrogens is 373 g/mol. The first-order valence-corrected chi connectivity index (χ1v) is 8.73. The number of alkyl halides is 3. The van der Waals surface area contributed by atoms with Gasteiger partial charge < -0.3 is 9.80 Å². The van der Waals surface area contributed by atoms with Gasteiger partial charge in [0.15, 0.2) is 5.82 Å². The van der Waals surface area contributed by atoms with Crippen LogP contribution in [-0.4, -0.2) is 56.6 Å². The lowest BCUT2D eigenvalue weighted by Crippen LogP contribution is -2.49. The number of hydrogen-bond donors (Lipinski definition) is 0. The van der Waals surface area contributed by atoms with Gasteiger partial charge in [0.1, 0.15) is 5.82 Å². The number of halogens is 3. The van der Waals surface area contributed by atoms with Gasteiger partial charge in [0, 0.05) is 38.6 Å². The highest BCUT2D eigenvalue weighted by atomic mass is 19.4. The van der Waals surface area contributed by atoms with Crippen molar-refractivity contribution in [3.05, 3.63) is 53.6 Å². The molecule has 1 aromatic carbocycles. The van der Waals surface area contributed by atoms with Crippen molar-refractivity contribution in [2.24, 2.45) is 0 Å². The van der Waals surface area contributed by atoms with Crippen LogP contribution in [0, 0.1) is 6.92 Å². The number of rotatable bonds is 2. The third-order valence-electron chi connectivity index (χ3n) is 4.81. The van der Waals surface area contributed by atoms with Crippen molar-refractivity contribution >= 4 is 17.4 Å². The van der Waals surface area contributed by atoms with Crippen molar-refractivity contribution in [2.45, 2.75) is 13.1 Å². The van der Waals surface area contributed by atoms with Crippen molar-refractivity contribution in [3.8, 4) is 0 Å². The molecule has 0 saturated carbocycles. The first-order valence-electron chi connectivity index (χ1n) is 8.73. The number of aryl methyl sites for hydroxylation is 1. The van der Waals surface area contributed by atoms with Gasteiger partial charge in [-0.05, 0) is 19.1 Å². The second kappa shape index (κ2) is 6.77. The molecule has 0 unspecified atom stereocenters. The fraction of sp³-hybridized carbons (Fsp3) is 0.333. The van der Waals surface area contributed by atoms with Crippen LogP contribution in [0.1, 0.15) is 21.7 Å².